The third-order valence-electron chi connectivity index (χ3n) is 10.9. The minimum atomic E-state index is -0.711. The fourth-order valence-electron chi connectivity index (χ4n) is 7.69. The highest BCUT2D eigenvalue weighted by Gasteiger charge is 2.42. The molecule has 2 aromatic carbocycles. The lowest BCUT2D eigenvalue weighted by Gasteiger charge is -2.36. The summed E-state index contributed by atoms with van der Waals surface area (Å²) in [5, 5.41) is 5.41. The first-order valence-corrected chi connectivity index (χ1v) is 18.8. The molecule has 15 heteroatoms. The molecule has 3 aliphatic heterocycles. The maximum absolute atomic E-state index is 13.7. The highest BCUT2D eigenvalue weighted by molar-refractivity contribution is 5.87. The SMILES string of the molecule is COC(=O)NC(C(=O)N1CCC[C@H]1c1ncc(-c2ccc(-c3ccc(-c4cnc([C@@H]5CCCN5C(=O)[C@@H](NC(=O)OC)C(C)C)[nH]4)cc3)cc2)[nH]1)C1COC1. The van der Waals surface area contributed by atoms with Crippen LogP contribution in [0.4, 0.5) is 9.59 Å². The number of hydrogen-bond donors (Lipinski definition) is 4. The Hall–Kier alpha value is -5.70. The van der Waals surface area contributed by atoms with Gasteiger partial charge in [0.1, 0.15) is 23.7 Å². The van der Waals surface area contributed by atoms with E-state index in [0.717, 1.165) is 65.1 Å². The first-order chi connectivity index (χ1) is 26.6. The van der Waals surface area contributed by atoms with Crippen LogP contribution in [0.5, 0.6) is 0 Å². The highest BCUT2D eigenvalue weighted by atomic mass is 16.5. The molecule has 1 unspecified atom stereocenters. The highest BCUT2D eigenvalue weighted by Crippen LogP contribution is 2.35. The van der Waals surface area contributed by atoms with Gasteiger partial charge in [-0.2, -0.15) is 0 Å². The third-order valence-corrected chi connectivity index (χ3v) is 10.9. The number of methoxy groups -OCH3 is 2. The molecule has 7 rings (SSSR count). The second kappa shape index (κ2) is 16.3. The Kier molecular flexibility index (Phi) is 11.2. The average molecular weight is 753 g/mol. The van der Waals surface area contributed by atoms with Gasteiger partial charge in [0.2, 0.25) is 11.8 Å². The van der Waals surface area contributed by atoms with Crippen LogP contribution in [-0.4, -0.2) is 106 Å². The zero-order valence-corrected chi connectivity index (χ0v) is 31.5. The standard InChI is InChI=1S/C40H48N8O7/c1-23(2)33(45-39(51)53-3)37(49)47-17-5-7-31(47)35-41-19-29(43-35)26-13-9-24(10-14-26)25-11-15-27(16-12-25)30-20-42-36(44-30)32-8-6-18-48(32)38(50)34(28-21-55-22-28)46-40(52)54-4/h9-16,19-20,23,28,31-34H,5-8,17-18,21-22H2,1-4H3,(H,41,43)(H,42,44)(H,45,51)(H,46,52)/t31-,32-,33-,34?/m0/s1. The van der Waals surface area contributed by atoms with E-state index >= 15 is 0 Å². The maximum Gasteiger partial charge on any atom is 0.407 e. The van der Waals surface area contributed by atoms with Crippen molar-refractivity contribution in [2.75, 3.05) is 40.5 Å². The van der Waals surface area contributed by atoms with Crippen molar-refractivity contribution in [3.8, 4) is 33.6 Å². The number of aromatic nitrogens is 4. The van der Waals surface area contributed by atoms with Gasteiger partial charge in [0.05, 0.1) is 63.3 Å². The van der Waals surface area contributed by atoms with Crippen LogP contribution in [0.25, 0.3) is 33.6 Å². The summed E-state index contributed by atoms with van der Waals surface area (Å²) in [4.78, 5) is 71.0. The van der Waals surface area contributed by atoms with Gasteiger partial charge < -0.3 is 44.6 Å². The first kappa shape index (κ1) is 37.6. The fraction of sp³-hybridized carbons (Fsp3) is 0.450. The lowest BCUT2D eigenvalue weighted by atomic mass is 9.96. The molecule has 3 saturated heterocycles. The first-order valence-electron chi connectivity index (χ1n) is 18.8. The number of H-pyrrole nitrogens is 2. The van der Waals surface area contributed by atoms with Crippen LogP contribution in [0.15, 0.2) is 60.9 Å². The molecule has 3 aliphatic rings. The van der Waals surface area contributed by atoms with Crippen molar-refractivity contribution >= 4 is 24.0 Å². The molecule has 3 fully saturated rings. The summed E-state index contributed by atoms with van der Waals surface area (Å²) in [5.41, 5.74) is 5.76. The lowest BCUT2D eigenvalue weighted by molar-refractivity contribution is -0.142. The summed E-state index contributed by atoms with van der Waals surface area (Å²) >= 11 is 0. The van der Waals surface area contributed by atoms with Crippen LogP contribution >= 0.6 is 0 Å². The molecule has 0 aliphatic carbocycles. The molecule has 2 aromatic heterocycles. The molecule has 0 radical (unpaired) electrons. The number of imidazole rings is 2. The number of hydrogen-bond acceptors (Lipinski definition) is 9. The number of nitrogens with one attached hydrogen (secondary N) is 4. The van der Waals surface area contributed by atoms with Gasteiger partial charge in [-0.05, 0) is 53.9 Å². The lowest BCUT2D eigenvalue weighted by Crippen LogP contribution is -2.56. The molecule has 55 heavy (non-hydrogen) atoms. The number of benzene rings is 2. The van der Waals surface area contributed by atoms with Crippen LogP contribution in [0.1, 0.15) is 63.3 Å². The molecule has 4 aromatic rings. The van der Waals surface area contributed by atoms with E-state index in [-0.39, 0.29) is 35.7 Å². The molecule has 4 N–H and O–H groups in total. The maximum atomic E-state index is 13.7. The van der Waals surface area contributed by atoms with E-state index in [2.05, 4.69) is 54.8 Å². The Morgan fingerprint density at radius 2 is 1.16 bits per heavy atom. The molecule has 4 amide bonds. The van der Waals surface area contributed by atoms with E-state index < -0.39 is 24.3 Å². The van der Waals surface area contributed by atoms with E-state index in [4.69, 9.17) is 14.2 Å². The van der Waals surface area contributed by atoms with Crippen molar-refractivity contribution in [1.29, 1.82) is 0 Å². The summed E-state index contributed by atoms with van der Waals surface area (Å²) in [6, 6.07) is 14.6. The number of nitrogens with zero attached hydrogens (tertiary/aromatic N) is 4. The number of carbonyl (C=O) groups excluding carboxylic acids is 4. The second-order valence-corrected chi connectivity index (χ2v) is 14.7. The van der Waals surface area contributed by atoms with Gasteiger partial charge >= 0.3 is 12.2 Å². The second-order valence-electron chi connectivity index (χ2n) is 14.7. The number of carbonyl (C=O) groups is 4. The van der Waals surface area contributed by atoms with Gasteiger partial charge in [-0.1, -0.05) is 62.4 Å². The van der Waals surface area contributed by atoms with Gasteiger partial charge in [-0.25, -0.2) is 19.6 Å². The molecule has 0 bridgehead atoms. The largest absolute Gasteiger partial charge is 0.453 e. The molecular formula is C40H48N8O7. The number of likely N-dealkylation sites (tertiary alicyclic amines) is 2. The minimum Gasteiger partial charge on any atom is -0.453 e. The predicted octanol–water partition coefficient (Wildman–Crippen LogP) is 5.21. The van der Waals surface area contributed by atoms with E-state index in [1.807, 2.05) is 38.1 Å². The molecule has 5 heterocycles. The number of aromatic amines is 2. The van der Waals surface area contributed by atoms with Crippen LogP contribution < -0.4 is 10.6 Å². The molecule has 290 valence electrons. The Morgan fingerprint density at radius 1 is 0.709 bits per heavy atom. The van der Waals surface area contributed by atoms with Crippen molar-refractivity contribution in [2.24, 2.45) is 11.8 Å². The summed E-state index contributed by atoms with van der Waals surface area (Å²) in [5.74, 6) is 0.941. The topological polar surface area (TPSA) is 184 Å². The zero-order valence-electron chi connectivity index (χ0n) is 31.5. The average Bonchev–Trinajstić information content (AvgIpc) is 4.02. The number of amides is 4. The summed E-state index contributed by atoms with van der Waals surface area (Å²) in [7, 11) is 2.57. The number of alkyl carbamates (subject to hydrolysis) is 2. The molecule has 0 spiro atoms. The zero-order chi connectivity index (χ0) is 38.6. The van der Waals surface area contributed by atoms with Gasteiger partial charge in [-0.3, -0.25) is 9.59 Å². The van der Waals surface area contributed by atoms with Gasteiger partial charge in [0.15, 0.2) is 0 Å². The van der Waals surface area contributed by atoms with Crippen LogP contribution in [0.2, 0.25) is 0 Å². The summed E-state index contributed by atoms with van der Waals surface area (Å²) in [6.07, 6.45) is 5.57. The van der Waals surface area contributed by atoms with E-state index in [1.54, 1.807) is 22.2 Å². The van der Waals surface area contributed by atoms with Crippen molar-refractivity contribution in [3.63, 3.8) is 0 Å². The summed E-state index contributed by atoms with van der Waals surface area (Å²) < 4.78 is 14.8. The third kappa shape index (κ3) is 7.93. The Balaban J connectivity index is 0.997. The van der Waals surface area contributed by atoms with Crippen LogP contribution in [-0.2, 0) is 23.8 Å². The van der Waals surface area contributed by atoms with Gasteiger partial charge in [0, 0.05) is 19.0 Å². The van der Waals surface area contributed by atoms with Crippen molar-refractivity contribution < 1.29 is 33.4 Å². The predicted molar refractivity (Wildman–Crippen MR) is 202 cm³/mol. The minimum absolute atomic E-state index is 0.0949. The Bertz CT molecular complexity index is 1990. The smallest absolute Gasteiger partial charge is 0.407 e. The van der Waals surface area contributed by atoms with E-state index in [0.29, 0.717) is 32.1 Å². The fourth-order valence-corrected chi connectivity index (χ4v) is 7.69. The molecule has 15 nitrogen and oxygen atoms in total. The van der Waals surface area contributed by atoms with Crippen molar-refractivity contribution in [1.82, 2.24) is 40.4 Å². The molecule has 0 saturated carbocycles. The van der Waals surface area contributed by atoms with Crippen molar-refractivity contribution in [3.05, 3.63) is 72.6 Å². The quantitative estimate of drug-likeness (QED) is 0.160. The summed E-state index contributed by atoms with van der Waals surface area (Å²) in [6.45, 7) is 5.80. The Labute approximate surface area is 319 Å². The van der Waals surface area contributed by atoms with Crippen LogP contribution in [0, 0.1) is 11.8 Å². The molecular weight excluding hydrogens is 704 g/mol. The van der Waals surface area contributed by atoms with E-state index in [9.17, 15) is 19.2 Å². The van der Waals surface area contributed by atoms with Crippen molar-refractivity contribution in [2.45, 2.75) is 63.7 Å². The van der Waals surface area contributed by atoms with Crippen LogP contribution in [0.3, 0.4) is 0 Å². The number of rotatable bonds is 11. The van der Waals surface area contributed by atoms with E-state index in [1.165, 1.54) is 14.2 Å². The molecule has 4 atom stereocenters. The van der Waals surface area contributed by atoms with Gasteiger partial charge in [-0.15, -0.1) is 0 Å². The number of ether oxygens (including phenoxy) is 3. The normalized spacial score (nSPS) is 19.5. The monoisotopic (exact) mass is 752 g/mol. The Morgan fingerprint density at radius 3 is 1.60 bits per heavy atom. The van der Waals surface area contributed by atoms with Gasteiger partial charge in [0.25, 0.3) is 0 Å².